The van der Waals surface area contributed by atoms with Crippen molar-refractivity contribution in [1.82, 2.24) is 20.1 Å². The van der Waals surface area contributed by atoms with Gasteiger partial charge in [-0.3, -0.25) is 9.48 Å². The fourth-order valence-electron chi connectivity index (χ4n) is 4.99. The van der Waals surface area contributed by atoms with Crippen LogP contribution in [0.4, 0.5) is 10.5 Å². The molecule has 0 unspecified atom stereocenters. The molecule has 2 N–H and O–H groups in total. The topological polar surface area (TPSA) is 107 Å². The van der Waals surface area contributed by atoms with Crippen molar-refractivity contribution in [3.05, 3.63) is 72.2 Å². The zero-order chi connectivity index (χ0) is 25.8. The number of alkyl carbamates (subject to hydrolysis) is 1. The summed E-state index contributed by atoms with van der Waals surface area (Å²) in [5.41, 5.74) is 2.34. The van der Waals surface area contributed by atoms with Gasteiger partial charge < -0.3 is 20.1 Å². The van der Waals surface area contributed by atoms with Gasteiger partial charge in [0.2, 0.25) is 11.8 Å². The summed E-state index contributed by atoms with van der Waals surface area (Å²) >= 11 is 0. The zero-order valence-corrected chi connectivity index (χ0v) is 21.2. The van der Waals surface area contributed by atoms with Crippen molar-refractivity contribution in [3.63, 3.8) is 0 Å². The Balaban J connectivity index is 1.27. The fourth-order valence-corrected chi connectivity index (χ4v) is 4.99. The van der Waals surface area contributed by atoms with Gasteiger partial charge in [0.05, 0.1) is 25.0 Å². The molecule has 1 aromatic carbocycles. The van der Waals surface area contributed by atoms with Gasteiger partial charge in [0.1, 0.15) is 12.6 Å². The molecule has 3 aromatic rings. The van der Waals surface area contributed by atoms with Crippen molar-refractivity contribution >= 4 is 17.7 Å². The Labute approximate surface area is 216 Å². The van der Waals surface area contributed by atoms with Gasteiger partial charge in [-0.1, -0.05) is 30.3 Å². The van der Waals surface area contributed by atoms with Crippen LogP contribution in [0.1, 0.15) is 49.8 Å². The smallest absolute Gasteiger partial charge is 0.408 e. The van der Waals surface area contributed by atoms with Crippen LogP contribution in [-0.2, 0) is 16.1 Å². The number of pyridine rings is 1. The molecule has 0 saturated heterocycles. The maximum Gasteiger partial charge on any atom is 0.408 e. The van der Waals surface area contributed by atoms with Gasteiger partial charge in [0.15, 0.2) is 0 Å². The number of ether oxygens (including phenoxy) is 2. The van der Waals surface area contributed by atoms with E-state index >= 15 is 0 Å². The average molecular weight is 504 g/mol. The van der Waals surface area contributed by atoms with Crippen LogP contribution < -0.4 is 15.4 Å². The number of hydrogen-bond acceptors (Lipinski definition) is 6. The minimum absolute atomic E-state index is 0.109. The number of hydrogen-bond donors (Lipinski definition) is 2. The van der Waals surface area contributed by atoms with Gasteiger partial charge in [-0.15, -0.1) is 0 Å². The molecule has 37 heavy (non-hydrogen) atoms. The largest absolute Gasteiger partial charge is 0.481 e. The molecule has 5 rings (SSSR count). The van der Waals surface area contributed by atoms with Gasteiger partial charge in [0.25, 0.3) is 0 Å². The molecule has 0 radical (unpaired) electrons. The van der Waals surface area contributed by atoms with Crippen molar-refractivity contribution in [1.29, 1.82) is 0 Å². The maximum atomic E-state index is 13.5. The SMILES string of the molecule is COc1ncccc1[C@@H](C)n1cc(NC(=O)[C@@H](NC(=O)OCc2ccccc2)C(C2CC2)C2CC2)cn1. The molecule has 0 bridgehead atoms. The van der Waals surface area contributed by atoms with Gasteiger partial charge >= 0.3 is 6.09 Å². The summed E-state index contributed by atoms with van der Waals surface area (Å²) < 4.78 is 12.6. The number of anilines is 1. The summed E-state index contributed by atoms with van der Waals surface area (Å²) in [4.78, 5) is 30.5. The lowest BCUT2D eigenvalue weighted by atomic mass is 9.89. The molecule has 2 atom stereocenters. The van der Waals surface area contributed by atoms with Crippen molar-refractivity contribution < 1.29 is 19.1 Å². The lowest BCUT2D eigenvalue weighted by Crippen LogP contribution is -2.50. The summed E-state index contributed by atoms with van der Waals surface area (Å²) in [6.45, 7) is 2.14. The lowest BCUT2D eigenvalue weighted by molar-refractivity contribution is -0.119. The number of methoxy groups -OCH3 is 1. The Morgan fingerprint density at radius 2 is 1.81 bits per heavy atom. The van der Waals surface area contributed by atoms with Crippen LogP contribution in [0.5, 0.6) is 5.88 Å². The van der Waals surface area contributed by atoms with E-state index in [1.165, 1.54) is 0 Å². The molecule has 0 spiro atoms. The number of amides is 2. The van der Waals surface area contributed by atoms with Crippen molar-refractivity contribution in [3.8, 4) is 5.88 Å². The highest BCUT2D eigenvalue weighted by atomic mass is 16.5. The van der Waals surface area contributed by atoms with Crippen molar-refractivity contribution in [2.24, 2.45) is 17.8 Å². The third-order valence-corrected chi connectivity index (χ3v) is 7.20. The first-order valence-corrected chi connectivity index (χ1v) is 12.8. The van der Waals surface area contributed by atoms with Gasteiger partial charge in [0, 0.05) is 18.0 Å². The van der Waals surface area contributed by atoms with E-state index in [9.17, 15) is 9.59 Å². The molecule has 0 aliphatic heterocycles. The Bertz CT molecular complexity index is 1210. The molecule has 2 aliphatic rings. The molecule has 194 valence electrons. The quantitative estimate of drug-likeness (QED) is 0.397. The first-order chi connectivity index (χ1) is 18.0. The lowest BCUT2D eigenvalue weighted by Gasteiger charge is -2.27. The third-order valence-electron chi connectivity index (χ3n) is 7.20. The number of aromatic nitrogens is 3. The molecule has 2 aromatic heterocycles. The predicted octanol–water partition coefficient (Wildman–Crippen LogP) is 4.57. The van der Waals surface area contributed by atoms with Gasteiger partial charge in [-0.25, -0.2) is 9.78 Å². The molecule has 2 fully saturated rings. The summed E-state index contributed by atoms with van der Waals surface area (Å²) in [5.74, 6) is 1.31. The highest BCUT2D eigenvalue weighted by molar-refractivity contribution is 5.96. The molecule has 9 heteroatoms. The molecular formula is C28H33N5O4. The average Bonchev–Trinajstić information content (AvgIpc) is 3.87. The summed E-state index contributed by atoms with van der Waals surface area (Å²) in [5, 5.41) is 10.3. The minimum Gasteiger partial charge on any atom is -0.481 e. The number of carbonyl (C=O) groups excluding carboxylic acids is 2. The van der Waals surface area contributed by atoms with E-state index in [4.69, 9.17) is 9.47 Å². The van der Waals surface area contributed by atoms with Crippen LogP contribution >= 0.6 is 0 Å². The maximum absolute atomic E-state index is 13.5. The van der Waals surface area contributed by atoms with Crippen LogP contribution in [-0.4, -0.2) is 39.9 Å². The Hall–Kier alpha value is -3.88. The number of carbonyl (C=O) groups is 2. The van der Waals surface area contributed by atoms with Gasteiger partial charge in [-0.2, -0.15) is 5.10 Å². The van der Waals surface area contributed by atoms with E-state index in [0.717, 1.165) is 36.8 Å². The highest BCUT2D eigenvalue weighted by Gasteiger charge is 2.48. The summed E-state index contributed by atoms with van der Waals surface area (Å²) in [6.07, 6.45) is 8.86. The van der Waals surface area contributed by atoms with Crippen LogP contribution in [0.25, 0.3) is 0 Å². The first kappa shape index (κ1) is 24.8. The molecular weight excluding hydrogens is 470 g/mol. The number of rotatable bonds is 11. The second kappa shape index (κ2) is 11.0. The van der Waals surface area contributed by atoms with E-state index in [0.29, 0.717) is 23.4 Å². The van der Waals surface area contributed by atoms with E-state index in [2.05, 4.69) is 20.7 Å². The Kier molecular flexibility index (Phi) is 7.39. The second-order valence-corrected chi connectivity index (χ2v) is 9.91. The first-order valence-electron chi connectivity index (χ1n) is 12.8. The monoisotopic (exact) mass is 503 g/mol. The van der Waals surface area contributed by atoms with E-state index in [1.54, 1.807) is 30.4 Å². The Morgan fingerprint density at radius 1 is 1.08 bits per heavy atom. The molecule has 2 saturated carbocycles. The zero-order valence-electron chi connectivity index (χ0n) is 21.2. The van der Waals surface area contributed by atoms with Crippen LogP contribution in [0.2, 0.25) is 0 Å². The van der Waals surface area contributed by atoms with Gasteiger partial charge in [-0.05, 0) is 68.1 Å². The molecule has 2 aliphatic carbocycles. The molecule has 2 heterocycles. The van der Waals surface area contributed by atoms with Crippen molar-refractivity contribution in [2.45, 2.75) is 51.3 Å². The molecule has 2 amide bonds. The third kappa shape index (κ3) is 6.10. The minimum atomic E-state index is -0.664. The van der Waals surface area contributed by atoms with E-state index < -0.39 is 12.1 Å². The summed E-state index contributed by atoms with van der Waals surface area (Å²) in [7, 11) is 1.58. The van der Waals surface area contributed by atoms with Crippen molar-refractivity contribution in [2.75, 3.05) is 12.4 Å². The second-order valence-electron chi connectivity index (χ2n) is 9.91. The van der Waals surface area contributed by atoms with E-state index in [1.807, 2.05) is 49.4 Å². The number of nitrogens with one attached hydrogen (secondary N) is 2. The fraction of sp³-hybridized carbons (Fsp3) is 0.429. The molecule has 9 nitrogen and oxygen atoms in total. The number of benzene rings is 1. The van der Waals surface area contributed by atoms with Crippen LogP contribution in [0.3, 0.4) is 0 Å². The highest BCUT2D eigenvalue weighted by Crippen LogP contribution is 2.50. The Morgan fingerprint density at radius 3 is 2.49 bits per heavy atom. The number of nitrogens with zero attached hydrogens (tertiary/aromatic N) is 3. The predicted molar refractivity (Wildman–Crippen MR) is 138 cm³/mol. The van der Waals surface area contributed by atoms with Crippen LogP contribution in [0.15, 0.2) is 61.1 Å². The standard InChI is InChI=1S/C28H33N5O4/c1-18(23-9-6-14-29-27(23)36-2)33-16-22(15-30-33)31-26(34)25(24(20-10-11-20)21-12-13-21)32-28(35)37-17-19-7-4-3-5-8-19/h3-9,14-16,18,20-21,24-25H,10-13,17H2,1-2H3,(H,31,34)(H,32,35)/t18-,25+/m1/s1. The summed E-state index contributed by atoms with van der Waals surface area (Å²) in [6, 6.07) is 12.5. The van der Waals surface area contributed by atoms with E-state index in [-0.39, 0.29) is 24.5 Å². The van der Waals surface area contributed by atoms with Crippen LogP contribution in [0, 0.1) is 17.8 Å². The normalized spacial score (nSPS) is 16.6.